The van der Waals surface area contributed by atoms with Crippen molar-refractivity contribution in [1.29, 1.82) is 0 Å². The van der Waals surface area contributed by atoms with Crippen molar-refractivity contribution in [2.45, 2.75) is 25.9 Å². The van der Waals surface area contributed by atoms with Gasteiger partial charge in [-0.05, 0) is 47.8 Å². The number of nitrogens with zero attached hydrogens (tertiary/aromatic N) is 2. The minimum Gasteiger partial charge on any atom is -0.376 e. The van der Waals surface area contributed by atoms with Gasteiger partial charge in [-0.3, -0.25) is 4.40 Å². The molecular weight excluding hydrogens is 366 g/mol. The fraction of sp³-hybridized carbons (Fsp3) is 0.316. The van der Waals surface area contributed by atoms with Gasteiger partial charge in [0.15, 0.2) is 0 Å². The molecule has 1 aliphatic rings. The number of anilines is 1. The number of rotatable bonds is 4. The quantitative estimate of drug-likeness (QED) is 0.709. The van der Waals surface area contributed by atoms with Gasteiger partial charge in [0.05, 0.1) is 6.10 Å². The van der Waals surface area contributed by atoms with Gasteiger partial charge in [-0.25, -0.2) is 4.98 Å². The van der Waals surface area contributed by atoms with E-state index in [9.17, 15) is 0 Å². The summed E-state index contributed by atoms with van der Waals surface area (Å²) in [4.78, 5) is 4.84. The van der Waals surface area contributed by atoms with Crippen molar-refractivity contribution in [2.24, 2.45) is 0 Å². The molecule has 0 bridgehead atoms. The Kier molecular flexibility index (Phi) is 4.29. The number of nitrogens with one attached hydrogen (secondary N) is 1. The van der Waals surface area contributed by atoms with Gasteiger partial charge < -0.3 is 10.1 Å². The van der Waals surface area contributed by atoms with Gasteiger partial charge in [0.25, 0.3) is 0 Å². The fourth-order valence-corrected chi connectivity index (χ4v) is 3.45. The van der Waals surface area contributed by atoms with Gasteiger partial charge in [0.2, 0.25) is 0 Å². The number of benzene rings is 1. The monoisotopic (exact) mass is 385 g/mol. The van der Waals surface area contributed by atoms with E-state index >= 15 is 0 Å². The third kappa shape index (κ3) is 3.06. The van der Waals surface area contributed by atoms with Crippen LogP contribution in [-0.4, -0.2) is 28.6 Å². The Balaban J connectivity index is 1.75. The van der Waals surface area contributed by atoms with E-state index in [1.54, 1.807) is 0 Å². The summed E-state index contributed by atoms with van der Waals surface area (Å²) in [6, 6.07) is 12.6. The maximum Gasteiger partial charge on any atom is 0.139 e. The van der Waals surface area contributed by atoms with Crippen LogP contribution in [0.15, 0.2) is 47.1 Å². The van der Waals surface area contributed by atoms with Crippen LogP contribution in [0, 0.1) is 6.92 Å². The van der Waals surface area contributed by atoms with Crippen LogP contribution in [0.2, 0.25) is 0 Å². The van der Waals surface area contributed by atoms with Crippen LogP contribution in [0.25, 0.3) is 16.9 Å². The zero-order valence-corrected chi connectivity index (χ0v) is 15.2. The number of pyridine rings is 1. The molecule has 1 N–H and O–H groups in total. The summed E-state index contributed by atoms with van der Waals surface area (Å²) in [5.74, 6) is 1.02. The molecule has 3 aromatic rings. The van der Waals surface area contributed by atoms with Crippen LogP contribution < -0.4 is 5.32 Å². The van der Waals surface area contributed by atoms with E-state index in [2.05, 4.69) is 63.0 Å². The first-order valence-corrected chi connectivity index (χ1v) is 9.10. The molecule has 4 rings (SSSR count). The Labute approximate surface area is 150 Å². The molecule has 4 nitrogen and oxygen atoms in total. The number of halogens is 1. The lowest BCUT2D eigenvalue weighted by Crippen LogP contribution is -2.19. The van der Waals surface area contributed by atoms with Crippen LogP contribution in [0.1, 0.15) is 18.4 Å². The molecule has 0 amide bonds. The van der Waals surface area contributed by atoms with Crippen molar-refractivity contribution in [3.63, 3.8) is 0 Å². The predicted octanol–water partition coefficient (Wildman–Crippen LogP) is 4.66. The average Bonchev–Trinajstić information content (AvgIpc) is 3.21. The summed E-state index contributed by atoms with van der Waals surface area (Å²) in [6.45, 7) is 3.77. The molecule has 124 valence electrons. The summed E-state index contributed by atoms with van der Waals surface area (Å²) in [5.41, 5.74) is 4.28. The van der Waals surface area contributed by atoms with E-state index in [-0.39, 0.29) is 6.10 Å². The van der Waals surface area contributed by atoms with Gasteiger partial charge in [0, 0.05) is 29.4 Å². The van der Waals surface area contributed by atoms with Crippen LogP contribution in [0.4, 0.5) is 5.82 Å². The Morgan fingerprint density at radius 1 is 1.25 bits per heavy atom. The van der Waals surface area contributed by atoms with Crippen LogP contribution in [0.5, 0.6) is 0 Å². The second-order valence-corrected chi connectivity index (χ2v) is 7.18. The molecule has 5 heteroatoms. The highest BCUT2D eigenvalue weighted by Gasteiger charge is 2.19. The summed E-state index contributed by atoms with van der Waals surface area (Å²) >= 11 is 3.56. The molecule has 0 spiro atoms. The van der Waals surface area contributed by atoms with Crippen LogP contribution in [-0.2, 0) is 4.74 Å². The lowest BCUT2D eigenvalue weighted by molar-refractivity contribution is 0.120. The number of fused-ring (bicyclic) bond motifs is 1. The van der Waals surface area contributed by atoms with E-state index in [1.807, 2.05) is 12.1 Å². The fourth-order valence-electron chi connectivity index (χ4n) is 3.12. The normalized spacial score (nSPS) is 17.5. The Bertz CT molecular complexity index is 851. The molecule has 1 fully saturated rings. The molecule has 1 atom stereocenters. The molecular formula is C19H20BrN3O. The molecule has 2 aromatic heterocycles. The van der Waals surface area contributed by atoms with Crippen LogP contribution >= 0.6 is 15.9 Å². The lowest BCUT2D eigenvalue weighted by Gasteiger charge is -2.13. The maximum atomic E-state index is 5.75. The van der Waals surface area contributed by atoms with Crippen molar-refractivity contribution < 1.29 is 4.74 Å². The molecule has 0 unspecified atom stereocenters. The topological polar surface area (TPSA) is 38.6 Å². The molecule has 1 aromatic carbocycles. The lowest BCUT2D eigenvalue weighted by atomic mass is 10.1. The van der Waals surface area contributed by atoms with Crippen molar-refractivity contribution in [2.75, 3.05) is 18.5 Å². The second kappa shape index (κ2) is 6.57. The number of hydrogen-bond donors (Lipinski definition) is 1. The molecule has 0 aliphatic carbocycles. The van der Waals surface area contributed by atoms with E-state index in [1.165, 1.54) is 5.56 Å². The predicted molar refractivity (Wildman–Crippen MR) is 101 cm³/mol. The Morgan fingerprint density at radius 3 is 2.83 bits per heavy atom. The van der Waals surface area contributed by atoms with Crippen molar-refractivity contribution in [1.82, 2.24) is 9.38 Å². The summed E-state index contributed by atoms with van der Waals surface area (Å²) < 4.78 is 8.88. The van der Waals surface area contributed by atoms with Crippen molar-refractivity contribution in [3.8, 4) is 11.3 Å². The highest BCUT2D eigenvalue weighted by Crippen LogP contribution is 2.30. The average molecular weight is 386 g/mol. The highest BCUT2D eigenvalue weighted by molar-refractivity contribution is 9.10. The molecule has 1 saturated heterocycles. The number of aromatic nitrogens is 2. The van der Waals surface area contributed by atoms with Gasteiger partial charge in [0.1, 0.15) is 17.2 Å². The maximum absolute atomic E-state index is 5.75. The minimum absolute atomic E-state index is 0.286. The number of imidazole rings is 1. The summed E-state index contributed by atoms with van der Waals surface area (Å²) in [6.07, 6.45) is 4.61. The first-order chi connectivity index (χ1) is 11.7. The van der Waals surface area contributed by atoms with E-state index < -0.39 is 0 Å². The highest BCUT2D eigenvalue weighted by atomic mass is 79.9. The third-order valence-corrected chi connectivity index (χ3v) is 4.90. The first kappa shape index (κ1) is 15.7. The summed E-state index contributed by atoms with van der Waals surface area (Å²) in [5, 5.41) is 3.57. The van der Waals surface area contributed by atoms with E-state index in [0.29, 0.717) is 0 Å². The Morgan fingerprint density at radius 2 is 2.08 bits per heavy atom. The molecule has 3 heterocycles. The largest absolute Gasteiger partial charge is 0.376 e. The second-order valence-electron chi connectivity index (χ2n) is 6.27. The van der Waals surface area contributed by atoms with Crippen molar-refractivity contribution in [3.05, 3.63) is 52.6 Å². The van der Waals surface area contributed by atoms with Crippen molar-refractivity contribution >= 4 is 27.4 Å². The number of aryl methyl sites for hydroxylation is 1. The van der Waals surface area contributed by atoms with E-state index in [0.717, 1.165) is 53.2 Å². The van der Waals surface area contributed by atoms with E-state index in [4.69, 9.17) is 9.72 Å². The molecule has 1 aliphatic heterocycles. The molecule has 0 saturated carbocycles. The molecule has 24 heavy (non-hydrogen) atoms. The number of hydrogen-bond acceptors (Lipinski definition) is 3. The SMILES string of the molecule is Cc1ccc(-c2nc3ccc(Br)cn3c2NC[C@H]2CCCO2)cc1. The van der Waals surface area contributed by atoms with Crippen LogP contribution in [0.3, 0.4) is 0 Å². The smallest absolute Gasteiger partial charge is 0.139 e. The zero-order chi connectivity index (χ0) is 16.5. The zero-order valence-electron chi connectivity index (χ0n) is 13.6. The number of ether oxygens (including phenoxy) is 1. The molecule has 0 radical (unpaired) electrons. The summed E-state index contributed by atoms with van der Waals surface area (Å²) in [7, 11) is 0. The minimum atomic E-state index is 0.286. The van der Waals surface area contributed by atoms with Gasteiger partial charge in [-0.1, -0.05) is 29.8 Å². The van der Waals surface area contributed by atoms with Gasteiger partial charge in [-0.2, -0.15) is 0 Å². The van der Waals surface area contributed by atoms with Gasteiger partial charge in [-0.15, -0.1) is 0 Å². The Hall–Kier alpha value is -1.85. The standard InChI is InChI=1S/C19H20BrN3O/c1-13-4-6-14(7-5-13)18-19(21-11-16-3-2-10-24-16)23-12-15(20)8-9-17(23)22-18/h4-9,12,16,21H,2-3,10-11H2,1H3/t16-/m1/s1. The van der Waals surface area contributed by atoms with Gasteiger partial charge >= 0.3 is 0 Å². The third-order valence-electron chi connectivity index (χ3n) is 4.43. The first-order valence-electron chi connectivity index (χ1n) is 8.31.